The first-order valence-electron chi connectivity index (χ1n) is 11.5. The lowest BCUT2D eigenvalue weighted by molar-refractivity contribution is 0.148. The lowest BCUT2D eigenvalue weighted by atomic mass is 10.1. The molecule has 3 heterocycles. The zero-order chi connectivity index (χ0) is 23.8. The van der Waals surface area contributed by atoms with Gasteiger partial charge in [0.15, 0.2) is 0 Å². The average molecular weight is 461 g/mol. The molecule has 8 heteroatoms. The van der Waals surface area contributed by atoms with E-state index in [0.717, 1.165) is 47.7 Å². The monoisotopic (exact) mass is 460 g/mol. The number of hydrogen-bond donors (Lipinski definition) is 1. The van der Waals surface area contributed by atoms with Crippen molar-refractivity contribution in [1.29, 1.82) is 0 Å². The van der Waals surface area contributed by atoms with Gasteiger partial charge in [0.25, 0.3) is 0 Å². The number of nitrogens with zero attached hydrogens (tertiary/aromatic N) is 5. The summed E-state index contributed by atoms with van der Waals surface area (Å²) in [5.41, 5.74) is 4.90. The smallest absolute Gasteiger partial charge is 0.227 e. The molecule has 0 unspecified atom stereocenters. The summed E-state index contributed by atoms with van der Waals surface area (Å²) >= 11 is 0. The average Bonchev–Trinajstić information content (AvgIpc) is 2.84. The number of anilines is 3. The molecule has 0 saturated carbocycles. The van der Waals surface area contributed by atoms with Crippen molar-refractivity contribution in [2.45, 2.75) is 13.0 Å². The minimum absolute atomic E-state index is 0.507. The van der Waals surface area contributed by atoms with E-state index in [0.29, 0.717) is 31.6 Å². The molecule has 1 N–H and O–H groups in total. The number of benzene rings is 1. The van der Waals surface area contributed by atoms with Crippen LogP contribution >= 0.6 is 0 Å². The van der Waals surface area contributed by atoms with Crippen molar-refractivity contribution >= 4 is 17.3 Å². The van der Waals surface area contributed by atoms with E-state index in [1.54, 1.807) is 12.4 Å². The molecule has 1 aliphatic rings. The zero-order valence-corrected chi connectivity index (χ0v) is 20.1. The van der Waals surface area contributed by atoms with Crippen molar-refractivity contribution in [2.24, 2.45) is 0 Å². The summed E-state index contributed by atoms with van der Waals surface area (Å²) in [6.07, 6.45) is 8.38. The summed E-state index contributed by atoms with van der Waals surface area (Å²) in [6, 6.07) is 12.0. The Bertz CT molecular complexity index is 1120. The summed E-state index contributed by atoms with van der Waals surface area (Å²) in [5.74, 6) is 1.11. The van der Waals surface area contributed by atoms with Crippen LogP contribution in [0.5, 0.6) is 5.88 Å². The molecule has 8 nitrogen and oxygen atoms in total. The predicted molar refractivity (Wildman–Crippen MR) is 136 cm³/mol. The normalized spacial score (nSPS) is 14.9. The molecule has 3 aromatic rings. The Kier molecular flexibility index (Phi) is 8.06. The van der Waals surface area contributed by atoms with Crippen LogP contribution in [0.2, 0.25) is 0 Å². The van der Waals surface area contributed by atoms with Crippen LogP contribution in [-0.2, 0) is 11.3 Å². The van der Waals surface area contributed by atoms with Gasteiger partial charge in [-0.05, 0) is 50.8 Å². The summed E-state index contributed by atoms with van der Waals surface area (Å²) in [6.45, 7) is 3.49. The Morgan fingerprint density at radius 2 is 1.85 bits per heavy atom. The second-order valence-corrected chi connectivity index (χ2v) is 8.47. The number of aromatic nitrogens is 3. The van der Waals surface area contributed by atoms with Crippen molar-refractivity contribution in [2.75, 3.05) is 57.7 Å². The van der Waals surface area contributed by atoms with Gasteiger partial charge in [0.2, 0.25) is 11.8 Å². The lowest BCUT2D eigenvalue weighted by Gasteiger charge is -2.25. The highest BCUT2D eigenvalue weighted by atomic mass is 16.5. The third kappa shape index (κ3) is 6.52. The Morgan fingerprint density at radius 3 is 2.74 bits per heavy atom. The predicted octanol–water partition coefficient (Wildman–Crippen LogP) is 4.14. The number of hydrogen-bond acceptors (Lipinski definition) is 8. The van der Waals surface area contributed by atoms with Gasteiger partial charge in [-0.2, -0.15) is 0 Å². The summed E-state index contributed by atoms with van der Waals surface area (Å²) in [5, 5.41) is 3.35. The van der Waals surface area contributed by atoms with Crippen molar-refractivity contribution < 1.29 is 9.47 Å². The lowest BCUT2D eigenvalue weighted by Crippen LogP contribution is -2.29. The van der Waals surface area contributed by atoms with Crippen molar-refractivity contribution in [3.63, 3.8) is 0 Å². The first kappa shape index (κ1) is 23.7. The number of rotatable bonds is 4. The van der Waals surface area contributed by atoms with Crippen LogP contribution in [0.15, 0.2) is 60.9 Å². The van der Waals surface area contributed by atoms with E-state index in [1.165, 1.54) is 0 Å². The molecule has 6 bridgehead atoms. The first-order chi connectivity index (χ1) is 16.6. The van der Waals surface area contributed by atoms with E-state index in [4.69, 9.17) is 14.5 Å². The van der Waals surface area contributed by atoms with Crippen molar-refractivity contribution in [3.8, 4) is 17.1 Å². The van der Waals surface area contributed by atoms with Crippen LogP contribution < -0.4 is 15.0 Å². The van der Waals surface area contributed by atoms with Gasteiger partial charge in [-0.1, -0.05) is 12.2 Å². The Labute approximate surface area is 201 Å². The molecule has 4 rings (SSSR count). The summed E-state index contributed by atoms with van der Waals surface area (Å²) < 4.78 is 11.8. The van der Waals surface area contributed by atoms with E-state index < -0.39 is 0 Å². The van der Waals surface area contributed by atoms with E-state index in [-0.39, 0.29) is 0 Å². The minimum atomic E-state index is 0.507. The van der Waals surface area contributed by atoms with Gasteiger partial charge in [-0.3, -0.25) is 0 Å². The maximum atomic E-state index is 5.98. The molecule has 2 aromatic heterocycles. The van der Waals surface area contributed by atoms with Crippen LogP contribution in [-0.4, -0.2) is 67.3 Å². The largest absolute Gasteiger partial charge is 0.477 e. The van der Waals surface area contributed by atoms with Crippen molar-refractivity contribution in [3.05, 3.63) is 66.5 Å². The fraction of sp³-hybridized carbons (Fsp3) is 0.346. The molecule has 0 atom stereocenters. The highest BCUT2D eigenvalue weighted by Gasteiger charge is 2.11. The SMILES string of the molecule is CN(C)CCN(C)c1ccc2cc1COC/C=C/CCOc1cc(ccn1)-c1ccnc(n1)N2. The van der Waals surface area contributed by atoms with Crippen molar-refractivity contribution in [1.82, 2.24) is 19.9 Å². The molecule has 1 aliphatic heterocycles. The maximum absolute atomic E-state index is 5.98. The topological polar surface area (TPSA) is 75.6 Å². The Morgan fingerprint density at radius 1 is 0.971 bits per heavy atom. The van der Waals surface area contributed by atoms with E-state index in [2.05, 4.69) is 70.5 Å². The molecule has 1 aromatic carbocycles. The number of ether oxygens (including phenoxy) is 2. The molecule has 0 saturated heterocycles. The van der Waals surface area contributed by atoms with Crippen LogP contribution in [0.4, 0.5) is 17.3 Å². The third-order valence-electron chi connectivity index (χ3n) is 5.49. The quantitative estimate of drug-likeness (QED) is 0.583. The van der Waals surface area contributed by atoms with E-state index in [1.807, 2.05) is 24.3 Å². The molecule has 34 heavy (non-hydrogen) atoms. The highest BCUT2D eigenvalue weighted by molar-refractivity contribution is 5.66. The highest BCUT2D eigenvalue weighted by Crippen LogP contribution is 2.27. The first-order valence-corrected chi connectivity index (χ1v) is 11.5. The van der Waals surface area contributed by atoms with Gasteiger partial charge in [-0.25, -0.2) is 15.0 Å². The van der Waals surface area contributed by atoms with E-state index >= 15 is 0 Å². The van der Waals surface area contributed by atoms with Gasteiger partial charge >= 0.3 is 0 Å². The van der Waals surface area contributed by atoms with Gasteiger partial charge in [0.1, 0.15) is 0 Å². The second-order valence-electron chi connectivity index (χ2n) is 8.47. The molecule has 0 aliphatic carbocycles. The molecular formula is C26H32N6O2. The van der Waals surface area contributed by atoms with Crippen LogP contribution in [0, 0.1) is 0 Å². The number of likely N-dealkylation sites (N-methyl/N-ethyl adjacent to an activating group) is 2. The molecule has 0 amide bonds. The Balaban J connectivity index is 1.64. The fourth-order valence-corrected chi connectivity index (χ4v) is 3.63. The standard InChI is InChI=1S/C26H32N6O2/c1-31(2)13-14-32(3)24-8-7-22-17-21(24)19-33-15-5-4-6-16-34-25-18-20(9-11-27-25)23-10-12-28-26(29-22)30-23/h4-5,7-12,17-18H,6,13-16,19H2,1-3H3,(H,28,29,30)/b5-4+. The summed E-state index contributed by atoms with van der Waals surface area (Å²) in [7, 11) is 6.29. The zero-order valence-electron chi connectivity index (χ0n) is 20.1. The molecular weight excluding hydrogens is 428 g/mol. The van der Waals surface area contributed by atoms with Gasteiger partial charge in [0, 0.05) is 61.1 Å². The van der Waals surface area contributed by atoms with E-state index in [9.17, 15) is 0 Å². The number of pyridine rings is 1. The van der Waals surface area contributed by atoms with Crippen LogP contribution in [0.1, 0.15) is 12.0 Å². The number of nitrogens with one attached hydrogen (secondary N) is 1. The van der Waals surface area contributed by atoms with Gasteiger partial charge in [-0.15, -0.1) is 0 Å². The van der Waals surface area contributed by atoms with Crippen LogP contribution in [0.25, 0.3) is 11.3 Å². The Hall–Kier alpha value is -3.49. The second kappa shape index (κ2) is 11.6. The summed E-state index contributed by atoms with van der Waals surface area (Å²) in [4.78, 5) is 17.9. The van der Waals surface area contributed by atoms with Gasteiger partial charge < -0.3 is 24.6 Å². The van der Waals surface area contributed by atoms with Gasteiger partial charge in [0.05, 0.1) is 25.5 Å². The van der Waals surface area contributed by atoms with Crippen LogP contribution in [0.3, 0.4) is 0 Å². The fourth-order valence-electron chi connectivity index (χ4n) is 3.63. The molecule has 0 fully saturated rings. The molecule has 0 spiro atoms. The molecule has 178 valence electrons. The number of fused-ring (bicyclic) bond motifs is 7. The third-order valence-corrected chi connectivity index (χ3v) is 5.49. The minimum Gasteiger partial charge on any atom is -0.477 e. The molecule has 0 radical (unpaired) electrons. The maximum Gasteiger partial charge on any atom is 0.227 e.